The molecule has 1 amide bonds. The van der Waals surface area contributed by atoms with Crippen LogP contribution in [0.3, 0.4) is 0 Å². The number of likely N-dealkylation sites (tertiary alicyclic amines) is 1. The molecule has 1 aromatic heterocycles. The molecule has 0 N–H and O–H groups in total. The average Bonchev–Trinajstić information content (AvgIpc) is 3.22. The first-order valence-corrected chi connectivity index (χ1v) is 8.23. The second-order valence-electron chi connectivity index (χ2n) is 5.86. The van der Waals surface area contributed by atoms with Gasteiger partial charge in [0.1, 0.15) is 5.82 Å². The Morgan fingerprint density at radius 1 is 1.29 bits per heavy atom. The molecule has 1 saturated heterocycles. The highest BCUT2D eigenvalue weighted by atomic mass is 35.5. The molecule has 1 atom stereocenters. The maximum absolute atomic E-state index is 13.9. The van der Waals surface area contributed by atoms with Crippen LogP contribution in [0.1, 0.15) is 35.4 Å². The van der Waals surface area contributed by atoms with Crippen molar-refractivity contribution >= 4 is 23.3 Å². The summed E-state index contributed by atoms with van der Waals surface area (Å²) < 4.78 is 19.0. The predicted octanol–water partition coefficient (Wildman–Crippen LogP) is 3.88. The standard InChI is InChI=1S/C18H17ClFNO3/c19-14-5-1-6-15(20)13(14)11-18(23)21-8-2-4-12(21)10-16(22)17-7-3-9-24-17/h1,3,5-7,9,12H,2,4,8,10-11H2. The van der Waals surface area contributed by atoms with Crippen LogP contribution in [0.4, 0.5) is 4.39 Å². The number of nitrogens with zero attached hydrogens (tertiary/aromatic N) is 1. The van der Waals surface area contributed by atoms with Gasteiger partial charge in [-0.1, -0.05) is 17.7 Å². The van der Waals surface area contributed by atoms with E-state index in [1.807, 2.05) is 0 Å². The Hall–Kier alpha value is -2.14. The van der Waals surface area contributed by atoms with E-state index in [1.165, 1.54) is 18.4 Å². The second-order valence-corrected chi connectivity index (χ2v) is 6.27. The van der Waals surface area contributed by atoms with Crippen LogP contribution in [-0.2, 0) is 11.2 Å². The zero-order valence-corrected chi connectivity index (χ0v) is 13.8. The molecule has 1 fully saturated rings. The Balaban J connectivity index is 1.68. The molecule has 1 aliphatic rings. The van der Waals surface area contributed by atoms with E-state index in [0.29, 0.717) is 12.3 Å². The number of rotatable bonds is 5. The van der Waals surface area contributed by atoms with E-state index in [-0.39, 0.29) is 41.2 Å². The summed E-state index contributed by atoms with van der Waals surface area (Å²) in [5, 5.41) is 0.241. The Bertz CT molecular complexity index is 724. The minimum absolute atomic E-state index is 0.100. The minimum Gasteiger partial charge on any atom is -0.461 e. The van der Waals surface area contributed by atoms with Crippen LogP contribution in [0, 0.1) is 5.82 Å². The molecule has 1 aromatic carbocycles. The normalized spacial score (nSPS) is 17.2. The summed E-state index contributed by atoms with van der Waals surface area (Å²) in [6.07, 6.45) is 3.14. The van der Waals surface area contributed by atoms with Crippen molar-refractivity contribution in [1.82, 2.24) is 4.90 Å². The quantitative estimate of drug-likeness (QED) is 0.770. The fourth-order valence-corrected chi connectivity index (χ4v) is 3.31. The SMILES string of the molecule is O=C(CC1CCCN1C(=O)Cc1c(F)cccc1Cl)c1ccco1. The summed E-state index contributed by atoms with van der Waals surface area (Å²) in [6, 6.07) is 7.45. The van der Waals surface area contributed by atoms with E-state index in [9.17, 15) is 14.0 Å². The van der Waals surface area contributed by atoms with Crippen molar-refractivity contribution in [2.45, 2.75) is 31.7 Å². The van der Waals surface area contributed by atoms with Gasteiger partial charge in [0.15, 0.2) is 11.5 Å². The number of carbonyl (C=O) groups excluding carboxylic acids is 2. The third-order valence-electron chi connectivity index (χ3n) is 4.30. The molecule has 0 spiro atoms. The van der Waals surface area contributed by atoms with Crippen molar-refractivity contribution < 1.29 is 18.4 Å². The lowest BCUT2D eigenvalue weighted by atomic mass is 10.1. The number of benzene rings is 1. The molecule has 0 radical (unpaired) electrons. The third-order valence-corrected chi connectivity index (χ3v) is 4.66. The van der Waals surface area contributed by atoms with Crippen molar-refractivity contribution in [3.05, 3.63) is 58.8 Å². The van der Waals surface area contributed by atoms with E-state index in [2.05, 4.69) is 0 Å². The zero-order chi connectivity index (χ0) is 17.1. The van der Waals surface area contributed by atoms with Crippen LogP contribution >= 0.6 is 11.6 Å². The fourth-order valence-electron chi connectivity index (χ4n) is 3.08. The Morgan fingerprint density at radius 3 is 2.83 bits per heavy atom. The number of halogens is 2. The first-order valence-electron chi connectivity index (χ1n) is 7.85. The summed E-state index contributed by atoms with van der Waals surface area (Å²) in [7, 11) is 0. The van der Waals surface area contributed by atoms with E-state index in [1.54, 1.807) is 23.1 Å². The molecule has 1 aliphatic heterocycles. The summed E-state index contributed by atoms with van der Waals surface area (Å²) in [5.74, 6) is -0.532. The number of ketones is 1. The lowest BCUT2D eigenvalue weighted by Gasteiger charge is -2.24. The Labute approximate surface area is 144 Å². The molecule has 6 heteroatoms. The summed E-state index contributed by atoms with van der Waals surface area (Å²) >= 11 is 5.99. The molecule has 2 aromatic rings. The van der Waals surface area contributed by atoms with Gasteiger partial charge in [-0.15, -0.1) is 0 Å². The lowest BCUT2D eigenvalue weighted by Crippen LogP contribution is -2.38. The number of hydrogen-bond donors (Lipinski definition) is 0. The maximum Gasteiger partial charge on any atom is 0.227 e. The molecule has 4 nitrogen and oxygen atoms in total. The van der Waals surface area contributed by atoms with Gasteiger partial charge in [0.2, 0.25) is 5.91 Å². The Morgan fingerprint density at radius 2 is 2.12 bits per heavy atom. The smallest absolute Gasteiger partial charge is 0.227 e. The van der Waals surface area contributed by atoms with Gasteiger partial charge < -0.3 is 9.32 Å². The van der Waals surface area contributed by atoms with Gasteiger partial charge in [-0.2, -0.15) is 0 Å². The highest BCUT2D eigenvalue weighted by Gasteiger charge is 2.31. The summed E-state index contributed by atoms with van der Waals surface area (Å²) in [4.78, 5) is 26.4. The summed E-state index contributed by atoms with van der Waals surface area (Å²) in [5.41, 5.74) is 0.201. The van der Waals surface area contributed by atoms with Crippen LogP contribution in [0.5, 0.6) is 0 Å². The van der Waals surface area contributed by atoms with Crippen molar-refractivity contribution in [1.29, 1.82) is 0 Å². The van der Waals surface area contributed by atoms with Gasteiger partial charge in [0.25, 0.3) is 0 Å². The van der Waals surface area contributed by atoms with Crippen LogP contribution in [0.25, 0.3) is 0 Å². The molecular weight excluding hydrogens is 333 g/mol. The number of hydrogen-bond acceptors (Lipinski definition) is 3. The van der Waals surface area contributed by atoms with Gasteiger partial charge in [0.05, 0.1) is 12.7 Å². The van der Waals surface area contributed by atoms with Gasteiger partial charge in [-0.05, 0) is 37.1 Å². The van der Waals surface area contributed by atoms with Gasteiger partial charge in [0, 0.05) is 29.6 Å². The first-order chi connectivity index (χ1) is 11.6. The van der Waals surface area contributed by atoms with E-state index in [0.717, 1.165) is 12.8 Å². The number of Topliss-reactive ketones (excluding diaryl/α,β-unsaturated/α-hetero) is 1. The molecule has 24 heavy (non-hydrogen) atoms. The summed E-state index contributed by atoms with van der Waals surface area (Å²) in [6.45, 7) is 0.570. The minimum atomic E-state index is -0.488. The van der Waals surface area contributed by atoms with Crippen molar-refractivity contribution in [3.63, 3.8) is 0 Å². The second kappa shape index (κ2) is 7.18. The first kappa shape index (κ1) is 16.7. The highest BCUT2D eigenvalue weighted by Crippen LogP contribution is 2.25. The molecule has 3 rings (SSSR count). The van der Waals surface area contributed by atoms with Gasteiger partial charge in [-0.25, -0.2) is 4.39 Å². The zero-order valence-electron chi connectivity index (χ0n) is 13.0. The van der Waals surface area contributed by atoms with Gasteiger partial charge >= 0.3 is 0 Å². The molecule has 0 bridgehead atoms. The van der Waals surface area contributed by atoms with Crippen LogP contribution in [-0.4, -0.2) is 29.2 Å². The van der Waals surface area contributed by atoms with E-state index >= 15 is 0 Å². The highest BCUT2D eigenvalue weighted by molar-refractivity contribution is 6.31. The topological polar surface area (TPSA) is 50.5 Å². The lowest BCUT2D eigenvalue weighted by molar-refractivity contribution is -0.131. The van der Waals surface area contributed by atoms with Crippen LogP contribution < -0.4 is 0 Å². The largest absolute Gasteiger partial charge is 0.461 e. The van der Waals surface area contributed by atoms with Crippen molar-refractivity contribution in [2.75, 3.05) is 6.54 Å². The van der Waals surface area contributed by atoms with Crippen LogP contribution in [0.2, 0.25) is 5.02 Å². The predicted molar refractivity (Wildman–Crippen MR) is 87.5 cm³/mol. The fraction of sp³-hybridized carbons (Fsp3) is 0.333. The molecule has 0 aliphatic carbocycles. The maximum atomic E-state index is 13.9. The average molecular weight is 350 g/mol. The van der Waals surface area contributed by atoms with Gasteiger partial charge in [-0.3, -0.25) is 9.59 Å². The molecule has 0 saturated carbocycles. The molecule has 2 heterocycles. The monoisotopic (exact) mass is 349 g/mol. The Kier molecular flexibility index (Phi) is 5.00. The molecule has 1 unspecified atom stereocenters. The third kappa shape index (κ3) is 3.51. The number of carbonyl (C=O) groups is 2. The molecule has 126 valence electrons. The van der Waals surface area contributed by atoms with Crippen LogP contribution in [0.15, 0.2) is 41.0 Å². The number of furan rings is 1. The van der Waals surface area contributed by atoms with Crippen molar-refractivity contribution in [3.8, 4) is 0 Å². The number of amides is 1. The van der Waals surface area contributed by atoms with Crippen molar-refractivity contribution in [2.24, 2.45) is 0 Å². The van der Waals surface area contributed by atoms with E-state index in [4.69, 9.17) is 16.0 Å². The van der Waals surface area contributed by atoms with E-state index < -0.39 is 5.82 Å². The molecular formula is C18H17ClFNO3.